The number of carbonyl (C=O) groups excluding carboxylic acids is 1. The fourth-order valence-corrected chi connectivity index (χ4v) is 2.63. The van der Waals surface area contributed by atoms with Crippen molar-refractivity contribution < 1.29 is 27.3 Å². The van der Waals surface area contributed by atoms with Gasteiger partial charge in [-0.25, -0.2) is 0 Å². The quantitative estimate of drug-likeness (QED) is 0.475. The van der Waals surface area contributed by atoms with E-state index in [-0.39, 0.29) is 28.5 Å². The molecule has 0 aliphatic heterocycles. The lowest BCUT2D eigenvalue weighted by Crippen LogP contribution is -2.12. The number of benzene rings is 2. The van der Waals surface area contributed by atoms with Crippen LogP contribution >= 0.6 is 0 Å². The highest BCUT2D eigenvalue weighted by atomic mass is 19.4. The van der Waals surface area contributed by atoms with Gasteiger partial charge < -0.3 is 9.73 Å². The number of nitro groups is 1. The first kappa shape index (κ1) is 19.2. The molecule has 28 heavy (non-hydrogen) atoms. The number of carbonyl (C=O) groups is 1. The lowest BCUT2D eigenvalue weighted by atomic mass is 10.1. The van der Waals surface area contributed by atoms with Gasteiger partial charge in [-0.05, 0) is 36.8 Å². The van der Waals surface area contributed by atoms with E-state index in [4.69, 9.17) is 4.42 Å². The molecule has 1 aromatic heterocycles. The van der Waals surface area contributed by atoms with Crippen LogP contribution in [0.4, 0.5) is 24.5 Å². The van der Waals surface area contributed by atoms with Gasteiger partial charge in [-0.15, -0.1) is 0 Å². The van der Waals surface area contributed by atoms with E-state index in [2.05, 4.69) is 5.32 Å². The molecule has 1 amide bonds. The van der Waals surface area contributed by atoms with Crippen LogP contribution in [0.1, 0.15) is 21.7 Å². The van der Waals surface area contributed by atoms with Crippen molar-refractivity contribution in [2.75, 3.05) is 5.32 Å². The Kier molecular flexibility index (Phi) is 4.91. The Balaban J connectivity index is 1.90. The van der Waals surface area contributed by atoms with E-state index in [1.54, 1.807) is 13.0 Å². The number of nitrogens with one attached hydrogen (secondary N) is 1. The first-order valence-corrected chi connectivity index (χ1v) is 7.99. The molecule has 6 nitrogen and oxygen atoms in total. The zero-order valence-corrected chi connectivity index (χ0v) is 14.4. The molecule has 3 aromatic rings. The van der Waals surface area contributed by atoms with Crippen molar-refractivity contribution in [1.29, 1.82) is 0 Å². The molecule has 1 N–H and O–H groups in total. The molecule has 0 saturated heterocycles. The van der Waals surface area contributed by atoms with Crippen molar-refractivity contribution in [3.8, 4) is 11.3 Å². The van der Waals surface area contributed by atoms with Gasteiger partial charge in [0.25, 0.3) is 11.6 Å². The third kappa shape index (κ3) is 3.88. The smallest absolute Gasteiger partial charge is 0.417 e. The summed E-state index contributed by atoms with van der Waals surface area (Å²) in [6.45, 7) is 1.66. The minimum absolute atomic E-state index is 0.0470. The average molecular weight is 390 g/mol. The van der Waals surface area contributed by atoms with Crippen LogP contribution in [0.2, 0.25) is 0 Å². The lowest BCUT2D eigenvalue weighted by Gasteiger charge is -2.10. The van der Waals surface area contributed by atoms with Gasteiger partial charge in [0, 0.05) is 11.6 Å². The molecule has 1 heterocycles. The molecule has 2 aromatic carbocycles. The van der Waals surface area contributed by atoms with Crippen LogP contribution in [0.25, 0.3) is 11.3 Å². The Morgan fingerprint density at radius 2 is 1.82 bits per heavy atom. The molecular weight excluding hydrogens is 377 g/mol. The molecular formula is C19H13F3N2O4. The maximum atomic E-state index is 13.2. The highest BCUT2D eigenvalue weighted by Crippen LogP contribution is 2.37. The fourth-order valence-electron chi connectivity index (χ4n) is 2.63. The normalized spacial score (nSPS) is 11.3. The standard InChI is InChI=1S/C19H13F3N2O4/c1-11-6-7-14(15(10-11)24(26)27)23-18(25)17-9-8-16(28-17)12-4-2-3-5-13(12)19(20,21)22/h2-10H,1H3,(H,23,25). The molecule has 0 atom stereocenters. The summed E-state index contributed by atoms with van der Waals surface area (Å²) in [5, 5.41) is 13.5. The highest BCUT2D eigenvalue weighted by molar-refractivity contribution is 6.03. The van der Waals surface area contributed by atoms with Crippen LogP contribution < -0.4 is 5.32 Å². The number of nitrogens with zero attached hydrogens (tertiary/aromatic N) is 1. The number of hydrogen-bond donors (Lipinski definition) is 1. The van der Waals surface area contributed by atoms with Gasteiger partial charge in [-0.2, -0.15) is 13.2 Å². The van der Waals surface area contributed by atoms with E-state index in [9.17, 15) is 28.1 Å². The molecule has 0 radical (unpaired) electrons. The molecule has 0 bridgehead atoms. The molecule has 0 spiro atoms. The zero-order valence-electron chi connectivity index (χ0n) is 14.4. The SMILES string of the molecule is Cc1ccc(NC(=O)c2ccc(-c3ccccc3C(F)(F)F)o2)c([N+](=O)[O-])c1. The Labute approximate surface area is 156 Å². The summed E-state index contributed by atoms with van der Waals surface area (Å²) in [5.41, 5.74) is -0.827. The minimum atomic E-state index is -4.59. The number of rotatable bonds is 4. The molecule has 0 saturated carbocycles. The summed E-state index contributed by atoms with van der Waals surface area (Å²) in [4.78, 5) is 22.8. The van der Waals surface area contributed by atoms with Gasteiger partial charge in [0.2, 0.25) is 0 Å². The molecule has 0 fully saturated rings. The summed E-state index contributed by atoms with van der Waals surface area (Å²) in [5.74, 6) is -1.24. The fraction of sp³-hybridized carbons (Fsp3) is 0.105. The van der Waals surface area contributed by atoms with Gasteiger partial charge in [-0.1, -0.05) is 24.3 Å². The van der Waals surface area contributed by atoms with Crippen LogP contribution in [0.3, 0.4) is 0 Å². The van der Waals surface area contributed by atoms with E-state index in [1.807, 2.05) is 0 Å². The van der Waals surface area contributed by atoms with Gasteiger partial charge in [-0.3, -0.25) is 14.9 Å². The maximum Gasteiger partial charge on any atom is 0.417 e. The van der Waals surface area contributed by atoms with E-state index in [0.29, 0.717) is 5.56 Å². The van der Waals surface area contributed by atoms with Gasteiger partial charge in [0.15, 0.2) is 5.76 Å². The molecule has 144 valence electrons. The van der Waals surface area contributed by atoms with Crippen molar-refractivity contribution in [2.24, 2.45) is 0 Å². The van der Waals surface area contributed by atoms with Crippen LogP contribution in [0, 0.1) is 17.0 Å². The predicted octanol–water partition coefficient (Wildman–Crippen LogP) is 5.43. The number of amides is 1. The Bertz CT molecular complexity index is 1060. The van der Waals surface area contributed by atoms with Gasteiger partial charge in [0.05, 0.1) is 10.5 Å². The number of anilines is 1. The third-order valence-electron chi connectivity index (χ3n) is 3.93. The first-order valence-electron chi connectivity index (χ1n) is 7.99. The molecule has 3 rings (SSSR count). The maximum absolute atomic E-state index is 13.2. The van der Waals surface area contributed by atoms with E-state index in [0.717, 1.165) is 6.07 Å². The lowest BCUT2D eigenvalue weighted by molar-refractivity contribution is -0.384. The van der Waals surface area contributed by atoms with Crippen LogP contribution in [-0.4, -0.2) is 10.8 Å². The Hall–Kier alpha value is -3.62. The molecule has 0 unspecified atom stereocenters. The summed E-state index contributed by atoms with van der Waals surface area (Å²) in [6, 6.07) is 11.5. The second-order valence-electron chi connectivity index (χ2n) is 5.94. The van der Waals surface area contributed by atoms with Gasteiger partial charge in [0.1, 0.15) is 11.4 Å². The largest absolute Gasteiger partial charge is 0.451 e. The highest BCUT2D eigenvalue weighted by Gasteiger charge is 2.34. The second kappa shape index (κ2) is 7.18. The number of alkyl halides is 3. The van der Waals surface area contributed by atoms with E-state index >= 15 is 0 Å². The molecule has 0 aliphatic carbocycles. The monoisotopic (exact) mass is 390 g/mol. The number of aryl methyl sites for hydroxylation is 1. The van der Waals surface area contributed by atoms with Crippen molar-refractivity contribution in [2.45, 2.75) is 13.1 Å². The Morgan fingerprint density at radius 1 is 1.11 bits per heavy atom. The Morgan fingerprint density at radius 3 is 2.50 bits per heavy atom. The minimum Gasteiger partial charge on any atom is -0.451 e. The average Bonchev–Trinajstić information content (AvgIpc) is 3.12. The number of hydrogen-bond acceptors (Lipinski definition) is 4. The number of furan rings is 1. The van der Waals surface area contributed by atoms with Crippen LogP contribution in [0.15, 0.2) is 59.0 Å². The molecule has 0 aliphatic rings. The summed E-state index contributed by atoms with van der Waals surface area (Å²) in [6.07, 6.45) is -4.59. The zero-order chi connectivity index (χ0) is 20.5. The summed E-state index contributed by atoms with van der Waals surface area (Å²) in [7, 11) is 0. The van der Waals surface area contributed by atoms with Crippen LogP contribution in [-0.2, 0) is 6.18 Å². The second-order valence-corrected chi connectivity index (χ2v) is 5.94. The summed E-state index contributed by atoms with van der Waals surface area (Å²) >= 11 is 0. The number of halogens is 3. The van der Waals surface area contributed by atoms with Crippen molar-refractivity contribution in [3.63, 3.8) is 0 Å². The predicted molar refractivity (Wildman–Crippen MR) is 94.9 cm³/mol. The van der Waals surface area contributed by atoms with Crippen LogP contribution in [0.5, 0.6) is 0 Å². The van der Waals surface area contributed by atoms with E-state index < -0.39 is 22.6 Å². The molecule has 9 heteroatoms. The van der Waals surface area contributed by atoms with Crippen molar-refractivity contribution in [1.82, 2.24) is 0 Å². The first-order chi connectivity index (χ1) is 13.2. The van der Waals surface area contributed by atoms with Crippen molar-refractivity contribution in [3.05, 3.63) is 81.6 Å². The van der Waals surface area contributed by atoms with Crippen molar-refractivity contribution >= 4 is 17.3 Å². The summed E-state index contributed by atoms with van der Waals surface area (Å²) < 4.78 is 44.7. The number of nitro benzene ring substituents is 1. The van der Waals surface area contributed by atoms with Gasteiger partial charge >= 0.3 is 6.18 Å². The van der Waals surface area contributed by atoms with E-state index in [1.165, 1.54) is 42.5 Å². The third-order valence-corrected chi connectivity index (χ3v) is 3.93. The topological polar surface area (TPSA) is 85.4 Å².